The highest BCUT2D eigenvalue weighted by Crippen LogP contribution is 2.01. The van der Waals surface area contributed by atoms with Gasteiger partial charge in [-0.1, -0.05) is 0 Å². The fourth-order valence-electron chi connectivity index (χ4n) is 0.698. The van der Waals surface area contributed by atoms with Gasteiger partial charge in [0, 0.05) is 11.4 Å². The van der Waals surface area contributed by atoms with E-state index in [1.807, 2.05) is 26.8 Å². The van der Waals surface area contributed by atoms with E-state index < -0.39 is 0 Å². The summed E-state index contributed by atoms with van der Waals surface area (Å²) in [6.45, 7) is 5.99. The molecule has 1 rings (SSSR count). The smallest absolute Gasteiger partial charge is 0.0411 e. The van der Waals surface area contributed by atoms with Crippen molar-refractivity contribution in [2.45, 2.75) is 20.8 Å². The molecule has 0 saturated heterocycles. The van der Waals surface area contributed by atoms with Crippen LogP contribution < -0.4 is 0 Å². The normalized spacial score (nSPS) is 9.67. The highest BCUT2D eigenvalue weighted by atomic mass is 14.7. The Bertz CT molecular complexity index is 216. The van der Waals surface area contributed by atoms with Gasteiger partial charge in [-0.05, 0) is 38.5 Å². The Balaban J connectivity index is 3.17. The molecule has 0 aliphatic rings. The van der Waals surface area contributed by atoms with Gasteiger partial charge in [0.25, 0.3) is 0 Å². The first-order valence-corrected chi connectivity index (χ1v) is 3.02. The van der Waals surface area contributed by atoms with Crippen LogP contribution in [0.4, 0.5) is 0 Å². The van der Waals surface area contributed by atoms with Gasteiger partial charge in [0.05, 0.1) is 0 Å². The van der Waals surface area contributed by atoms with E-state index in [2.05, 4.69) is 11.1 Å². The first kappa shape index (κ1) is 6.27. The van der Waals surface area contributed by atoms with Gasteiger partial charge < -0.3 is 0 Å². The fourth-order valence-corrected chi connectivity index (χ4v) is 0.698. The van der Waals surface area contributed by atoms with Crippen LogP contribution in [0.5, 0.6) is 0 Å². The second kappa shape index (κ2) is 2.18. The van der Waals surface area contributed by atoms with Crippen LogP contribution >= 0.6 is 0 Å². The molecular weight excluding hydrogens is 110 g/mol. The van der Waals surface area contributed by atoms with E-state index in [1.165, 1.54) is 0 Å². The largest absolute Gasteiger partial charge is 0.258 e. The minimum atomic E-state index is 1.04. The topological polar surface area (TPSA) is 12.9 Å². The van der Waals surface area contributed by atoms with Crippen molar-refractivity contribution in [2.75, 3.05) is 0 Å². The van der Waals surface area contributed by atoms with Crippen molar-refractivity contribution >= 4 is 0 Å². The third-order valence-electron chi connectivity index (χ3n) is 1.38. The average molecular weight is 120 g/mol. The molecule has 0 atom stereocenters. The molecule has 0 bridgehead atoms. The molecule has 1 nitrogen and oxygen atoms in total. The monoisotopic (exact) mass is 120 g/mol. The molecule has 0 saturated carbocycles. The molecule has 47 valence electrons. The number of aromatic nitrogens is 1. The summed E-state index contributed by atoms with van der Waals surface area (Å²) in [4.78, 5) is 4.24. The number of rotatable bonds is 0. The van der Waals surface area contributed by atoms with Gasteiger partial charge in [0.1, 0.15) is 0 Å². The molecule has 1 heteroatoms. The van der Waals surface area contributed by atoms with Crippen LogP contribution in [0, 0.1) is 26.8 Å². The lowest BCUT2D eigenvalue weighted by molar-refractivity contribution is 1.09. The molecule has 1 aromatic heterocycles. The third kappa shape index (κ3) is 1.28. The molecular formula is C8H10N. The molecule has 0 fully saturated rings. The number of hydrogen-bond donors (Lipinski definition) is 0. The first-order valence-electron chi connectivity index (χ1n) is 3.02. The van der Waals surface area contributed by atoms with Crippen LogP contribution in [0.15, 0.2) is 6.07 Å². The van der Waals surface area contributed by atoms with Crippen LogP contribution in [0.25, 0.3) is 0 Å². The van der Waals surface area contributed by atoms with E-state index >= 15 is 0 Å². The van der Waals surface area contributed by atoms with Gasteiger partial charge in [-0.3, -0.25) is 4.98 Å². The molecule has 0 N–H and O–H groups in total. The second-order valence-electron chi connectivity index (χ2n) is 2.25. The Morgan fingerprint density at radius 3 is 2.44 bits per heavy atom. The maximum Gasteiger partial charge on any atom is 0.0411 e. The number of aryl methyl sites for hydroxylation is 3. The summed E-state index contributed by atoms with van der Waals surface area (Å²) in [6.07, 6.45) is 0. The third-order valence-corrected chi connectivity index (χ3v) is 1.38. The van der Waals surface area contributed by atoms with Crippen molar-refractivity contribution in [1.29, 1.82) is 0 Å². The molecule has 0 spiro atoms. The zero-order valence-corrected chi connectivity index (χ0v) is 6.02. The lowest BCUT2D eigenvalue weighted by atomic mass is 10.2. The predicted octanol–water partition coefficient (Wildman–Crippen LogP) is 1.81. The van der Waals surface area contributed by atoms with Gasteiger partial charge in [0.2, 0.25) is 0 Å². The first-order chi connectivity index (χ1) is 4.20. The molecule has 0 aliphatic carbocycles. The SMILES string of the molecule is Cc1c[c]c(C)c(C)n1. The van der Waals surface area contributed by atoms with Crippen molar-refractivity contribution in [3.05, 3.63) is 29.1 Å². The molecule has 0 unspecified atom stereocenters. The number of pyridine rings is 1. The van der Waals surface area contributed by atoms with Crippen LogP contribution in [0.3, 0.4) is 0 Å². The Morgan fingerprint density at radius 1 is 1.33 bits per heavy atom. The highest BCUT2D eigenvalue weighted by Gasteiger charge is 1.91. The molecule has 0 amide bonds. The van der Waals surface area contributed by atoms with E-state index in [9.17, 15) is 0 Å². The highest BCUT2D eigenvalue weighted by molar-refractivity contribution is 5.17. The second-order valence-corrected chi connectivity index (χ2v) is 2.25. The number of nitrogens with zero attached hydrogens (tertiary/aromatic N) is 1. The molecule has 1 radical (unpaired) electrons. The average Bonchev–Trinajstić information content (AvgIpc) is 1.80. The lowest BCUT2D eigenvalue weighted by Crippen LogP contribution is -1.88. The maximum atomic E-state index is 4.24. The Kier molecular flexibility index (Phi) is 1.52. The van der Waals surface area contributed by atoms with Gasteiger partial charge in [-0.15, -0.1) is 0 Å². The van der Waals surface area contributed by atoms with Gasteiger partial charge in [-0.2, -0.15) is 0 Å². The molecule has 1 heterocycles. The standard InChI is InChI=1S/C8H10N/c1-6-4-5-7(2)9-8(6)3/h5H,1-3H3. The fraction of sp³-hybridized carbons (Fsp3) is 0.375. The van der Waals surface area contributed by atoms with Crippen molar-refractivity contribution in [3.63, 3.8) is 0 Å². The van der Waals surface area contributed by atoms with E-state index in [-0.39, 0.29) is 0 Å². The van der Waals surface area contributed by atoms with Gasteiger partial charge >= 0.3 is 0 Å². The summed E-state index contributed by atoms with van der Waals surface area (Å²) in [6, 6.07) is 5.01. The van der Waals surface area contributed by atoms with Crippen molar-refractivity contribution in [2.24, 2.45) is 0 Å². The lowest BCUT2D eigenvalue weighted by Gasteiger charge is -1.96. The van der Waals surface area contributed by atoms with Crippen LogP contribution in [0.1, 0.15) is 17.0 Å². The van der Waals surface area contributed by atoms with E-state index in [4.69, 9.17) is 0 Å². The van der Waals surface area contributed by atoms with Crippen LogP contribution in [-0.2, 0) is 0 Å². The van der Waals surface area contributed by atoms with E-state index in [0.717, 1.165) is 17.0 Å². The summed E-state index contributed by atoms with van der Waals surface area (Å²) in [7, 11) is 0. The predicted molar refractivity (Wildman–Crippen MR) is 37.3 cm³/mol. The zero-order chi connectivity index (χ0) is 6.85. The molecule has 1 aromatic rings. The molecule has 0 aliphatic heterocycles. The van der Waals surface area contributed by atoms with Crippen molar-refractivity contribution < 1.29 is 0 Å². The summed E-state index contributed by atoms with van der Waals surface area (Å²) < 4.78 is 0. The molecule has 0 aromatic carbocycles. The number of hydrogen-bond acceptors (Lipinski definition) is 1. The maximum absolute atomic E-state index is 4.24. The Labute approximate surface area is 55.7 Å². The van der Waals surface area contributed by atoms with Crippen molar-refractivity contribution in [1.82, 2.24) is 4.98 Å². The van der Waals surface area contributed by atoms with Crippen LogP contribution in [0.2, 0.25) is 0 Å². The minimum Gasteiger partial charge on any atom is -0.258 e. The van der Waals surface area contributed by atoms with E-state index in [0.29, 0.717) is 0 Å². The molecule has 9 heavy (non-hydrogen) atoms. The van der Waals surface area contributed by atoms with Gasteiger partial charge in [0.15, 0.2) is 0 Å². The minimum absolute atomic E-state index is 1.04. The Morgan fingerprint density at radius 2 is 2.00 bits per heavy atom. The Hall–Kier alpha value is -0.850. The van der Waals surface area contributed by atoms with E-state index in [1.54, 1.807) is 0 Å². The summed E-state index contributed by atoms with van der Waals surface area (Å²) in [5, 5.41) is 0. The zero-order valence-electron chi connectivity index (χ0n) is 6.02. The summed E-state index contributed by atoms with van der Waals surface area (Å²) in [5.74, 6) is 0. The van der Waals surface area contributed by atoms with Crippen LogP contribution in [-0.4, -0.2) is 4.98 Å². The van der Waals surface area contributed by atoms with Gasteiger partial charge in [-0.25, -0.2) is 0 Å². The quantitative estimate of drug-likeness (QED) is 0.508. The summed E-state index contributed by atoms with van der Waals surface area (Å²) in [5.41, 5.74) is 3.26. The van der Waals surface area contributed by atoms with Crippen molar-refractivity contribution in [3.8, 4) is 0 Å². The summed E-state index contributed by atoms with van der Waals surface area (Å²) >= 11 is 0.